The van der Waals surface area contributed by atoms with Crippen molar-refractivity contribution in [2.75, 3.05) is 13.1 Å². The van der Waals surface area contributed by atoms with Crippen LogP contribution >= 0.6 is 23.2 Å². The highest BCUT2D eigenvalue weighted by Gasteiger charge is 2.43. The monoisotopic (exact) mass is 329 g/mol. The van der Waals surface area contributed by atoms with Crippen molar-refractivity contribution >= 4 is 29.2 Å². The first-order valence-corrected chi connectivity index (χ1v) is 7.81. The Balaban J connectivity index is 1.66. The zero-order valence-electron chi connectivity index (χ0n) is 11.4. The Morgan fingerprint density at radius 1 is 1.24 bits per heavy atom. The maximum atomic E-state index is 11.0. The van der Waals surface area contributed by atoms with Crippen molar-refractivity contribution in [3.05, 3.63) is 27.7 Å². The summed E-state index contributed by atoms with van der Waals surface area (Å²) in [7, 11) is 0. The lowest BCUT2D eigenvalue weighted by Crippen LogP contribution is -2.23. The highest BCUT2D eigenvalue weighted by molar-refractivity contribution is 6.35. The summed E-state index contributed by atoms with van der Waals surface area (Å²) < 4.78 is 0. The van der Waals surface area contributed by atoms with E-state index in [0.717, 1.165) is 31.5 Å². The summed E-state index contributed by atoms with van der Waals surface area (Å²) in [5, 5.41) is 19.9. The van der Waals surface area contributed by atoms with Crippen molar-refractivity contribution in [2.45, 2.75) is 19.4 Å². The molecule has 1 aliphatic carbocycles. The fraction of sp³-hybridized carbons (Fsp3) is 0.533. The molecule has 3 atom stereocenters. The van der Waals surface area contributed by atoms with Gasteiger partial charge in [0, 0.05) is 30.2 Å². The summed E-state index contributed by atoms with van der Waals surface area (Å²) >= 11 is 11.9. The number of fused-ring (bicyclic) bond motifs is 1. The van der Waals surface area contributed by atoms with Crippen molar-refractivity contribution in [1.29, 1.82) is 0 Å². The van der Waals surface area contributed by atoms with Crippen LogP contribution in [-0.2, 0) is 11.3 Å². The molecule has 1 unspecified atom stereocenters. The van der Waals surface area contributed by atoms with Gasteiger partial charge in [0.1, 0.15) is 5.75 Å². The number of hydrogen-bond acceptors (Lipinski definition) is 3. The Bertz CT molecular complexity index is 564. The van der Waals surface area contributed by atoms with E-state index in [2.05, 4.69) is 4.90 Å². The van der Waals surface area contributed by atoms with E-state index in [-0.39, 0.29) is 16.7 Å². The smallest absolute Gasteiger partial charge is 0.306 e. The van der Waals surface area contributed by atoms with Crippen LogP contribution in [0.1, 0.15) is 18.4 Å². The van der Waals surface area contributed by atoms with E-state index in [1.807, 2.05) is 0 Å². The van der Waals surface area contributed by atoms with E-state index in [4.69, 9.17) is 28.3 Å². The molecular formula is C15H17Cl2NO3. The predicted molar refractivity (Wildman–Crippen MR) is 80.7 cm³/mol. The number of phenols is 1. The highest BCUT2D eigenvalue weighted by atomic mass is 35.5. The second-order valence-corrected chi connectivity index (χ2v) is 6.96. The van der Waals surface area contributed by atoms with Crippen LogP contribution in [-0.4, -0.2) is 34.2 Å². The number of aromatic hydroxyl groups is 1. The van der Waals surface area contributed by atoms with Gasteiger partial charge >= 0.3 is 5.97 Å². The Kier molecular flexibility index (Phi) is 4.04. The fourth-order valence-electron chi connectivity index (χ4n) is 3.71. The molecule has 2 N–H and O–H groups in total. The predicted octanol–water partition coefficient (Wildman–Crippen LogP) is 3.24. The van der Waals surface area contributed by atoms with E-state index in [0.29, 0.717) is 23.4 Å². The van der Waals surface area contributed by atoms with Gasteiger partial charge in [0.25, 0.3) is 0 Å². The van der Waals surface area contributed by atoms with Gasteiger partial charge in [-0.2, -0.15) is 0 Å². The molecule has 1 aliphatic heterocycles. The van der Waals surface area contributed by atoms with E-state index >= 15 is 0 Å². The van der Waals surface area contributed by atoms with Gasteiger partial charge in [-0.15, -0.1) is 0 Å². The van der Waals surface area contributed by atoms with Crippen molar-refractivity contribution in [3.8, 4) is 5.75 Å². The van der Waals surface area contributed by atoms with E-state index in [1.165, 1.54) is 6.07 Å². The Morgan fingerprint density at radius 2 is 1.86 bits per heavy atom. The number of rotatable bonds is 3. The molecule has 6 heteroatoms. The minimum absolute atomic E-state index is 0.0848. The molecule has 4 nitrogen and oxygen atoms in total. The molecule has 0 spiro atoms. The zero-order valence-corrected chi connectivity index (χ0v) is 12.9. The van der Waals surface area contributed by atoms with E-state index in [1.54, 1.807) is 6.07 Å². The first kappa shape index (κ1) is 14.9. The van der Waals surface area contributed by atoms with Gasteiger partial charge in [0.2, 0.25) is 0 Å². The van der Waals surface area contributed by atoms with Gasteiger partial charge in [0.05, 0.1) is 10.9 Å². The summed E-state index contributed by atoms with van der Waals surface area (Å²) in [6.07, 6.45) is 1.53. The molecule has 1 heterocycles. The molecule has 1 saturated heterocycles. The number of carboxylic acid groups (broad SMARTS) is 1. The van der Waals surface area contributed by atoms with Gasteiger partial charge in [0.15, 0.2) is 0 Å². The average molecular weight is 330 g/mol. The highest BCUT2D eigenvalue weighted by Crippen LogP contribution is 2.42. The lowest BCUT2D eigenvalue weighted by molar-refractivity contribution is -0.141. The molecular weight excluding hydrogens is 313 g/mol. The Labute approximate surface area is 133 Å². The van der Waals surface area contributed by atoms with E-state index in [9.17, 15) is 9.90 Å². The summed E-state index contributed by atoms with van der Waals surface area (Å²) in [6.45, 7) is 2.34. The number of carboxylic acids is 1. The van der Waals surface area contributed by atoms with Crippen LogP contribution in [0.2, 0.25) is 10.0 Å². The number of phenolic OH excluding ortho intramolecular Hbond substituents is 1. The number of aliphatic carboxylic acids is 1. The maximum Gasteiger partial charge on any atom is 0.306 e. The van der Waals surface area contributed by atoms with Gasteiger partial charge in [-0.05, 0) is 36.8 Å². The Hall–Kier alpha value is -0.970. The topological polar surface area (TPSA) is 60.8 Å². The van der Waals surface area contributed by atoms with Crippen LogP contribution in [0.4, 0.5) is 0 Å². The number of nitrogens with zero attached hydrogens (tertiary/aromatic N) is 1. The average Bonchev–Trinajstić information content (AvgIpc) is 2.93. The fourth-order valence-corrected chi connectivity index (χ4v) is 4.24. The second-order valence-electron chi connectivity index (χ2n) is 6.12. The third-order valence-electron chi connectivity index (χ3n) is 4.68. The van der Waals surface area contributed by atoms with E-state index < -0.39 is 5.97 Å². The van der Waals surface area contributed by atoms with Crippen LogP contribution < -0.4 is 0 Å². The van der Waals surface area contributed by atoms with Crippen LogP contribution in [0.5, 0.6) is 5.75 Å². The molecule has 0 radical (unpaired) electrons. The van der Waals surface area contributed by atoms with Crippen molar-refractivity contribution < 1.29 is 15.0 Å². The maximum absolute atomic E-state index is 11.0. The van der Waals surface area contributed by atoms with Crippen molar-refractivity contribution in [3.63, 3.8) is 0 Å². The summed E-state index contributed by atoms with van der Waals surface area (Å²) in [5.74, 6) is 0.124. The summed E-state index contributed by atoms with van der Waals surface area (Å²) in [4.78, 5) is 13.3. The second kappa shape index (κ2) is 5.67. The normalized spacial score (nSPS) is 28.8. The van der Waals surface area contributed by atoms with Gasteiger partial charge in [-0.1, -0.05) is 23.2 Å². The molecule has 0 aromatic heterocycles. The largest absolute Gasteiger partial charge is 0.506 e. The summed E-state index contributed by atoms with van der Waals surface area (Å²) in [6, 6.07) is 3.26. The Morgan fingerprint density at radius 3 is 2.43 bits per heavy atom. The molecule has 1 saturated carbocycles. The van der Waals surface area contributed by atoms with Crippen LogP contribution in [0.3, 0.4) is 0 Å². The quantitative estimate of drug-likeness (QED) is 0.893. The van der Waals surface area contributed by atoms with Crippen molar-refractivity contribution in [1.82, 2.24) is 4.90 Å². The summed E-state index contributed by atoms with van der Waals surface area (Å²) in [5.41, 5.74) is 0.724. The van der Waals surface area contributed by atoms with Gasteiger partial charge in [-0.25, -0.2) is 0 Å². The number of benzene rings is 1. The lowest BCUT2D eigenvalue weighted by Gasteiger charge is -2.19. The number of hydrogen-bond donors (Lipinski definition) is 2. The molecule has 114 valence electrons. The minimum Gasteiger partial charge on any atom is -0.506 e. The molecule has 2 fully saturated rings. The molecule has 3 rings (SSSR count). The molecule has 21 heavy (non-hydrogen) atoms. The lowest BCUT2D eigenvalue weighted by atomic mass is 10.0. The zero-order chi connectivity index (χ0) is 15.1. The molecule has 2 aliphatic rings. The van der Waals surface area contributed by atoms with Gasteiger partial charge in [-0.3, -0.25) is 9.69 Å². The standard InChI is InChI=1S/C15H17Cl2NO3/c16-12-3-11(14(19)13(17)4-12)7-18-5-9-1-8(15(20)21)2-10(9)6-18/h3-4,8-10,19H,1-2,5-7H2,(H,20,21)/t8?,9-,10+. The van der Waals surface area contributed by atoms with Crippen LogP contribution in [0.15, 0.2) is 12.1 Å². The van der Waals surface area contributed by atoms with Gasteiger partial charge < -0.3 is 10.2 Å². The minimum atomic E-state index is -0.671. The number of likely N-dealkylation sites (tertiary alicyclic amines) is 1. The third-order valence-corrected chi connectivity index (χ3v) is 5.18. The number of carbonyl (C=O) groups is 1. The third kappa shape index (κ3) is 2.98. The first-order valence-electron chi connectivity index (χ1n) is 7.06. The molecule has 0 amide bonds. The van der Waals surface area contributed by atoms with Crippen molar-refractivity contribution in [2.24, 2.45) is 17.8 Å². The SMILES string of the molecule is O=C(O)C1C[C@@H]2CN(Cc3cc(Cl)cc(Cl)c3O)C[C@@H]2C1. The molecule has 0 bridgehead atoms. The van der Waals surface area contributed by atoms with Crippen LogP contribution in [0, 0.1) is 17.8 Å². The van der Waals surface area contributed by atoms with Crippen LogP contribution in [0.25, 0.3) is 0 Å². The molecule has 1 aromatic carbocycles. The molecule has 1 aromatic rings. The first-order chi connectivity index (χ1) is 9.94. The number of halogens is 2.